The van der Waals surface area contributed by atoms with Crippen LogP contribution in [-0.4, -0.2) is 35.0 Å². The monoisotopic (exact) mass is 332 g/mol. The number of carbonyl (C=O) groups is 1. The highest BCUT2D eigenvalue weighted by molar-refractivity contribution is 6.00. The van der Waals surface area contributed by atoms with E-state index in [-0.39, 0.29) is 17.1 Å². The number of carbonyl (C=O) groups excluding carboxylic acids is 1. The summed E-state index contributed by atoms with van der Waals surface area (Å²) in [6.45, 7) is 8.94. The van der Waals surface area contributed by atoms with Crippen molar-refractivity contribution in [1.82, 2.24) is 0 Å². The second kappa shape index (κ2) is 5.03. The Kier molecular flexibility index (Phi) is 3.45. The molecule has 0 aromatic carbocycles. The quantitative estimate of drug-likeness (QED) is 0.546. The molecule has 0 radical (unpaired) electrons. The average Bonchev–Trinajstić information content (AvgIpc) is 3.05. The molecule has 1 saturated heterocycles. The smallest absolute Gasteiger partial charge is 0.226 e. The highest BCUT2D eigenvalue weighted by Crippen LogP contribution is 2.58. The fourth-order valence-electron chi connectivity index (χ4n) is 4.95. The van der Waals surface area contributed by atoms with Gasteiger partial charge in [-0.2, -0.15) is 0 Å². The summed E-state index contributed by atoms with van der Waals surface area (Å²) in [5.41, 5.74) is 2.41. The van der Waals surface area contributed by atoms with Gasteiger partial charge < -0.3 is 14.6 Å². The highest BCUT2D eigenvalue weighted by Gasteiger charge is 2.69. The first-order valence-electron chi connectivity index (χ1n) is 9.18. The number of Topliss-reactive ketones (excluding diaryl/α,β-unsaturated/α-hetero) is 1. The summed E-state index contributed by atoms with van der Waals surface area (Å²) in [6.07, 6.45) is 6.12. The number of hydrogen-bond donors (Lipinski definition) is 1. The molecular formula is C20H28O4. The molecule has 4 rings (SSSR count). The van der Waals surface area contributed by atoms with Crippen LogP contribution >= 0.6 is 0 Å². The van der Waals surface area contributed by atoms with Gasteiger partial charge in [-0.25, -0.2) is 0 Å². The summed E-state index contributed by atoms with van der Waals surface area (Å²) in [5.74, 6) is -1.25. The predicted molar refractivity (Wildman–Crippen MR) is 90.3 cm³/mol. The molecule has 4 nitrogen and oxygen atoms in total. The predicted octanol–water partition coefficient (Wildman–Crippen LogP) is 3.29. The zero-order chi connectivity index (χ0) is 17.3. The minimum Gasteiger partial charge on any atom is -0.360 e. The Morgan fingerprint density at radius 1 is 1.29 bits per heavy atom. The van der Waals surface area contributed by atoms with Gasteiger partial charge in [-0.05, 0) is 56.4 Å². The largest absolute Gasteiger partial charge is 0.360 e. The molecule has 1 unspecified atom stereocenters. The van der Waals surface area contributed by atoms with Crippen molar-refractivity contribution < 1.29 is 19.4 Å². The Bertz CT molecular complexity index is 663. The van der Waals surface area contributed by atoms with Gasteiger partial charge in [0.2, 0.25) is 5.79 Å². The lowest BCUT2D eigenvalue weighted by Crippen LogP contribution is -2.45. The third-order valence-electron chi connectivity index (χ3n) is 7.06. The fourth-order valence-corrected chi connectivity index (χ4v) is 4.95. The normalized spacial score (nSPS) is 50.5. The molecule has 5 atom stereocenters. The van der Waals surface area contributed by atoms with Crippen molar-refractivity contribution in [2.75, 3.05) is 6.61 Å². The molecule has 0 aromatic heterocycles. The summed E-state index contributed by atoms with van der Waals surface area (Å²) in [7, 11) is 0. The molecular weight excluding hydrogens is 304 g/mol. The molecule has 1 N–H and O–H groups in total. The maximum Gasteiger partial charge on any atom is 0.226 e. The van der Waals surface area contributed by atoms with Crippen LogP contribution in [-0.2, 0) is 14.3 Å². The zero-order valence-corrected chi connectivity index (χ0v) is 15.1. The third-order valence-corrected chi connectivity index (χ3v) is 7.06. The van der Waals surface area contributed by atoms with Crippen molar-refractivity contribution in [3.05, 3.63) is 22.8 Å². The maximum absolute atomic E-state index is 12.8. The van der Waals surface area contributed by atoms with E-state index in [2.05, 4.69) is 26.8 Å². The Labute approximate surface area is 143 Å². The van der Waals surface area contributed by atoms with Gasteiger partial charge in [0, 0.05) is 6.42 Å². The molecule has 0 amide bonds. The van der Waals surface area contributed by atoms with Gasteiger partial charge in [-0.1, -0.05) is 25.5 Å². The topological polar surface area (TPSA) is 59.1 Å². The first kappa shape index (κ1) is 16.5. The van der Waals surface area contributed by atoms with Crippen molar-refractivity contribution in [3.8, 4) is 0 Å². The molecule has 1 fully saturated rings. The van der Waals surface area contributed by atoms with Gasteiger partial charge >= 0.3 is 0 Å². The molecule has 0 spiro atoms. The lowest BCUT2D eigenvalue weighted by Gasteiger charge is -2.41. The Morgan fingerprint density at radius 2 is 2.04 bits per heavy atom. The lowest BCUT2D eigenvalue weighted by atomic mass is 9.61. The number of hydrogen-bond acceptors (Lipinski definition) is 4. The van der Waals surface area contributed by atoms with Crippen LogP contribution in [0.5, 0.6) is 0 Å². The minimum atomic E-state index is -1.56. The number of ether oxygens (including phenoxy) is 2. The number of fused-ring (bicyclic) bond motifs is 2. The average molecular weight is 332 g/mol. The molecule has 2 heterocycles. The second-order valence-corrected chi connectivity index (χ2v) is 8.68. The molecule has 24 heavy (non-hydrogen) atoms. The van der Waals surface area contributed by atoms with Crippen molar-refractivity contribution in [2.45, 2.75) is 77.3 Å². The standard InChI is InChI=1S/C20H28O4/c1-12-6-5-8-19(4)17(24-19)20(22)16-14(11-23-20)18(3,9-7-12)13(2)10-15(16)21/h6,13,17,22H,5,7-11H2,1-4H3/b12-6+/t13-,17+,18?,19-,20+/m1/s1. The van der Waals surface area contributed by atoms with Crippen LogP contribution in [0.15, 0.2) is 22.8 Å². The number of rotatable bonds is 0. The second-order valence-electron chi connectivity index (χ2n) is 8.68. The highest BCUT2D eigenvalue weighted by atomic mass is 16.7. The Balaban J connectivity index is 1.84. The van der Waals surface area contributed by atoms with Crippen LogP contribution in [0.4, 0.5) is 0 Å². The molecule has 4 heteroatoms. The van der Waals surface area contributed by atoms with E-state index in [1.165, 1.54) is 5.57 Å². The van der Waals surface area contributed by atoms with E-state index < -0.39 is 17.5 Å². The maximum atomic E-state index is 12.8. The molecule has 0 saturated carbocycles. The van der Waals surface area contributed by atoms with Crippen LogP contribution in [0.25, 0.3) is 0 Å². The molecule has 4 aliphatic rings. The van der Waals surface area contributed by atoms with Gasteiger partial charge in [-0.3, -0.25) is 4.79 Å². The van der Waals surface area contributed by atoms with Crippen molar-refractivity contribution in [3.63, 3.8) is 0 Å². The van der Waals surface area contributed by atoms with Gasteiger partial charge in [0.25, 0.3) is 0 Å². The molecule has 2 aliphatic carbocycles. The van der Waals surface area contributed by atoms with E-state index in [1.807, 2.05) is 6.92 Å². The van der Waals surface area contributed by atoms with Crippen LogP contribution in [0.1, 0.15) is 59.8 Å². The van der Waals surface area contributed by atoms with E-state index in [0.717, 1.165) is 31.3 Å². The summed E-state index contributed by atoms with van der Waals surface area (Å²) in [4.78, 5) is 12.8. The van der Waals surface area contributed by atoms with Crippen LogP contribution in [0.3, 0.4) is 0 Å². The molecule has 0 aromatic rings. The van der Waals surface area contributed by atoms with Crippen molar-refractivity contribution in [1.29, 1.82) is 0 Å². The minimum absolute atomic E-state index is 0.0390. The Hall–Kier alpha value is -0.970. The summed E-state index contributed by atoms with van der Waals surface area (Å²) in [6, 6.07) is 0. The van der Waals surface area contributed by atoms with E-state index in [4.69, 9.17) is 9.47 Å². The summed E-state index contributed by atoms with van der Waals surface area (Å²) < 4.78 is 11.8. The van der Waals surface area contributed by atoms with Gasteiger partial charge in [0.05, 0.1) is 17.8 Å². The van der Waals surface area contributed by atoms with E-state index in [9.17, 15) is 9.90 Å². The first-order valence-corrected chi connectivity index (χ1v) is 9.18. The Morgan fingerprint density at radius 3 is 2.79 bits per heavy atom. The van der Waals surface area contributed by atoms with Crippen molar-refractivity contribution >= 4 is 5.78 Å². The first-order chi connectivity index (χ1) is 11.2. The molecule has 132 valence electrons. The summed E-state index contributed by atoms with van der Waals surface area (Å²) in [5, 5.41) is 11.3. The van der Waals surface area contributed by atoms with Gasteiger partial charge in [-0.15, -0.1) is 0 Å². The fraction of sp³-hybridized carbons (Fsp3) is 0.750. The number of aliphatic hydroxyl groups is 1. The number of allylic oxidation sites excluding steroid dienone is 2. The van der Waals surface area contributed by atoms with E-state index in [1.54, 1.807) is 0 Å². The van der Waals surface area contributed by atoms with Gasteiger partial charge in [0.1, 0.15) is 6.10 Å². The summed E-state index contributed by atoms with van der Waals surface area (Å²) >= 11 is 0. The number of ketones is 1. The van der Waals surface area contributed by atoms with Crippen LogP contribution < -0.4 is 0 Å². The zero-order valence-electron chi connectivity index (χ0n) is 15.1. The van der Waals surface area contributed by atoms with Crippen molar-refractivity contribution in [2.24, 2.45) is 11.3 Å². The number of epoxide rings is 1. The van der Waals surface area contributed by atoms with Gasteiger partial charge in [0.15, 0.2) is 5.78 Å². The lowest BCUT2D eigenvalue weighted by molar-refractivity contribution is -0.171. The SMILES string of the molecule is C/C1=C\CC[C@@]2(C)O[C@@H]2[C@@]2(O)OCC3=C2C(=O)C[C@@H](C)C3(C)CC1. The molecule has 4 bridgehead atoms. The molecule has 2 aliphatic heterocycles. The van der Waals surface area contributed by atoms with Crippen LogP contribution in [0, 0.1) is 11.3 Å². The van der Waals surface area contributed by atoms with Crippen LogP contribution in [0.2, 0.25) is 0 Å². The van der Waals surface area contributed by atoms with E-state index in [0.29, 0.717) is 18.6 Å². The third kappa shape index (κ3) is 2.12. The van der Waals surface area contributed by atoms with E-state index >= 15 is 0 Å².